The number of ether oxygens (including phenoxy) is 1. The molecule has 0 aliphatic rings. The maximum absolute atomic E-state index is 11.6. The number of Topliss-reactive ketones (excluding diaryl/α,β-unsaturated/α-hetero) is 1. The van der Waals surface area contributed by atoms with Gasteiger partial charge in [0.15, 0.2) is 5.78 Å². The van der Waals surface area contributed by atoms with Gasteiger partial charge in [0, 0.05) is 5.02 Å². The fourth-order valence-corrected chi connectivity index (χ4v) is 2.24. The number of halogens is 1. The molecule has 110 valence electrons. The van der Waals surface area contributed by atoms with Crippen molar-refractivity contribution in [2.45, 2.75) is 33.3 Å². The zero-order chi connectivity index (χ0) is 15.4. The molecule has 2 rings (SSSR count). The molecule has 0 bridgehead atoms. The number of rotatable bonds is 5. The van der Waals surface area contributed by atoms with E-state index in [1.54, 1.807) is 18.2 Å². The molecule has 0 N–H and O–H groups in total. The summed E-state index contributed by atoms with van der Waals surface area (Å²) in [5, 5.41) is 0.536. The molecule has 2 aromatic rings. The van der Waals surface area contributed by atoms with Crippen molar-refractivity contribution in [2.75, 3.05) is 0 Å². The van der Waals surface area contributed by atoms with Crippen LogP contribution in [-0.4, -0.2) is 5.78 Å². The first-order valence-corrected chi connectivity index (χ1v) is 7.37. The van der Waals surface area contributed by atoms with Crippen molar-refractivity contribution >= 4 is 17.4 Å². The number of benzene rings is 2. The van der Waals surface area contributed by atoms with Crippen LogP contribution in [0.4, 0.5) is 0 Å². The summed E-state index contributed by atoms with van der Waals surface area (Å²) in [6.45, 7) is 6.27. The van der Waals surface area contributed by atoms with Crippen LogP contribution < -0.4 is 4.74 Å². The third kappa shape index (κ3) is 4.08. The molecule has 0 aliphatic heterocycles. The zero-order valence-corrected chi connectivity index (χ0v) is 13.3. The molecule has 0 aliphatic carbocycles. The maximum Gasteiger partial charge on any atom is 0.163 e. The number of ketones is 1. The smallest absolute Gasteiger partial charge is 0.163 e. The molecule has 3 heteroatoms. The third-order valence-electron chi connectivity index (χ3n) is 3.36. The molecule has 0 amide bonds. The molecule has 21 heavy (non-hydrogen) atoms. The summed E-state index contributed by atoms with van der Waals surface area (Å²) in [7, 11) is 0. The first-order chi connectivity index (χ1) is 9.97. The largest absolute Gasteiger partial charge is 0.488 e. The van der Waals surface area contributed by atoms with Crippen molar-refractivity contribution in [3.63, 3.8) is 0 Å². The third-order valence-corrected chi connectivity index (χ3v) is 3.60. The van der Waals surface area contributed by atoms with Crippen molar-refractivity contribution < 1.29 is 9.53 Å². The van der Waals surface area contributed by atoms with E-state index in [2.05, 4.69) is 38.1 Å². The van der Waals surface area contributed by atoms with Gasteiger partial charge in [-0.25, -0.2) is 0 Å². The summed E-state index contributed by atoms with van der Waals surface area (Å²) in [5.74, 6) is 1.03. The molecule has 0 atom stereocenters. The van der Waals surface area contributed by atoms with E-state index in [4.69, 9.17) is 16.3 Å². The zero-order valence-electron chi connectivity index (χ0n) is 12.5. The van der Waals surface area contributed by atoms with E-state index in [-0.39, 0.29) is 5.78 Å². The molecule has 0 spiro atoms. The van der Waals surface area contributed by atoms with Crippen molar-refractivity contribution in [3.8, 4) is 5.75 Å². The first-order valence-electron chi connectivity index (χ1n) is 6.99. The van der Waals surface area contributed by atoms with E-state index in [0.29, 0.717) is 28.9 Å². The summed E-state index contributed by atoms with van der Waals surface area (Å²) >= 11 is 5.92. The molecule has 2 aromatic carbocycles. The summed E-state index contributed by atoms with van der Waals surface area (Å²) in [5.41, 5.74) is 2.89. The second kappa shape index (κ2) is 6.77. The molecule has 0 fully saturated rings. The Kier molecular flexibility index (Phi) is 5.03. The molecular formula is C18H19ClO2. The predicted octanol–water partition coefficient (Wildman–Crippen LogP) is 5.25. The summed E-state index contributed by atoms with van der Waals surface area (Å²) in [6, 6.07) is 13.4. The van der Waals surface area contributed by atoms with E-state index in [9.17, 15) is 4.79 Å². The molecule has 0 aromatic heterocycles. The van der Waals surface area contributed by atoms with Gasteiger partial charge in [-0.3, -0.25) is 4.79 Å². The predicted molar refractivity (Wildman–Crippen MR) is 86.3 cm³/mol. The van der Waals surface area contributed by atoms with Gasteiger partial charge >= 0.3 is 0 Å². The Morgan fingerprint density at radius 2 is 1.81 bits per heavy atom. The lowest BCUT2D eigenvalue weighted by Crippen LogP contribution is -2.02. The van der Waals surface area contributed by atoms with Crippen molar-refractivity contribution in [1.29, 1.82) is 0 Å². The van der Waals surface area contributed by atoms with Gasteiger partial charge in [0.1, 0.15) is 12.4 Å². The number of carbonyl (C=O) groups is 1. The summed E-state index contributed by atoms with van der Waals surface area (Å²) in [4.78, 5) is 11.6. The molecule has 0 heterocycles. The van der Waals surface area contributed by atoms with E-state index in [1.807, 2.05) is 0 Å². The van der Waals surface area contributed by atoms with Crippen molar-refractivity contribution in [1.82, 2.24) is 0 Å². The number of hydrogen-bond donors (Lipinski definition) is 0. The Morgan fingerprint density at radius 3 is 2.38 bits per heavy atom. The highest BCUT2D eigenvalue weighted by Crippen LogP contribution is 2.24. The van der Waals surface area contributed by atoms with Crippen LogP contribution >= 0.6 is 11.6 Å². The summed E-state index contributed by atoms with van der Waals surface area (Å²) < 4.78 is 5.76. The van der Waals surface area contributed by atoms with E-state index < -0.39 is 0 Å². The Labute approximate surface area is 130 Å². The Hall–Kier alpha value is -1.80. The lowest BCUT2D eigenvalue weighted by atomic mass is 10.0. The average Bonchev–Trinajstić information content (AvgIpc) is 2.46. The van der Waals surface area contributed by atoms with Crippen LogP contribution in [0.25, 0.3) is 0 Å². The second-order valence-corrected chi connectivity index (χ2v) is 5.82. The van der Waals surface area contributed by atoms with Crippen molar-refractivity contribution in [3.05, 3.63) is 64.2 Å². The minimum Gasteiger partial charge on any atom is -0.488 e. The van der Waals surface area contributed by atoms with Crippen molar-refractivity contribution in [2.24, 2.45) is 0 Å². The highest BCUT2D eigenvalue weighted by Gasteiger charge is 2.09. The van der Waals surface area contributed by atoms with Gasteiger partial charge in [0.25, 0.3) is 0 Å². The van der Waals surface area contributed by atoms with Crippen LogP contribution in [0.3, 0.4) is 0 Å². The van der Waals surface area contributed by atoms with E-state index in [0.717, 1.165) is 5.56 Å². The normalized spacial score (nSPS) is 10.7. The molecular weight excluding hydrogens is 284 g/mol. The van der Waals surface area contributed by atoms with Crippen LogP contribution in [0.5, 0.6) is 5.75 Å². The highest BCUT2D eigenvalue weighted by molar-refractivity contribution is 6.31. The molecule has 2 nitrogen and oxygen atoms in total. The quantitative estimate of drug-likeness (QED) is 0.706. The molecule has 0 saturated carbocycles. The lowest BCUT2D eigenvalue weighted by Gasteiger charge is -2.11. The van der Waals surface area contributed by atoms with Gasteiger partial charge < -0.3 is 4.74 Å². The fourth-order valence-electron chi connectivity index (χ4n) is 2.06. The Balaban J connectivity index is 2.11. The Morgan fingerprint density at radius 1 is 1.14 bits per heavy atom. The van der Waals surface area contributed by atoms with Gasteiger partial charge in [-0.15, -0.1) is 0 Å². The van der Waals surface area contributed by atoms with Gasteiger partial charge in [0.05, 0.1) is 5.56 Å². The van der Waals surface area contributed by atoms with Crippen LogP contribution in [0.15, 0.2) is 42.5 Å². The van der Waals surface area contributed by atoms with Crippen LogP contribution in [0, 0.1) is 0 Å². The van der Waals surface area contributed by atoms with Crippen LogP contribution in [0.2, 0.25) is 5.02 Å². The molecule has 0 saturated heterocycles. The monoisotopic (exact) mass is 302 g/mol. The first kappa shape index (κ1) is 15.6. The number of hydrogen-bond acceptors (Lipinski definition) is 2. The van der Waals surface area contributed by atoms with Gasteiger partial charge in [-0.2, -0.15) is 0 Å². The molecule has 0 unspecified atom stereocenters. The minimum absolute atomic E-state index is 0.0531. The molecule has 0 radical (unpaired) electrons. The second-order valence-electron chi connectivity index (χ2n) is 5.38. The van der Waals surface area contributed by atoms with Gasteiger partial charge in [0.2, 0.25) is 0 Å². The Bertz CT molecular complexity index is 630. The number of carbonyl (C=O) groups excluding carboxylic acids is 1. The fraction of sp³-hybridized carbons (Fsp3) is 0.278. The lowest BCUT2D eigenvalue weighted by molar-refractivity contribution is 0.101. The van der Waals surface area contributed by atoms with Gasteiger partial charge in [-0.1, -0.05) is 49.7 Å². The topological polar surface area (TPSA) is 26.3 Å². The van der Waals surface area contributed by atoms with E-state index >= 15 is 0 Å². The maximum atomic E-state index is 11.6. The SMILES string of the molecule is CC(=O)c1cc(Cl)ccc1OCc1ccc(C(C)C)cc1. The minimum atomic E-state index is -0.0531. The average molecular weight is 303 g/mol. The van der Waals surface area contributed by atoms with E-state index in [1.165, 1.54) is 12.5 Å². The van der Waals surface area contributed by atoms with Crippen LogP contribution in [-0.2, 0) is 6.61 Å². The van der Waals surface area contributed by atoms with Gasteiger partial charge in [-0.05, 0) is 42.2 Å². The van der Waals surface area contributed by atoms with Crippen LogP contribution in [0.1, 0.15) is 48.2 Å². The summed E-state index contributed by atoms with van der Waals surface area (Å²) in [6.07, 6.45) is 0. The standard InChI is InChI=1S/C18H19ClO2/c1-12(2)15-6-4-14(5-7-15)11-21-18-9-8-16(19)10-17(18)13(3)20/h4-10,12H,11H2,1-3H3. The highest BCUT2D eigenvalue weighted by atomic mass is 35.5.